The minimum absolute atomic E-state index is 0.0909. The van der Waals surface area contributed by atoms with Crippen molar-refractivity contribution in [3.8, 4) is 0 Å². The zero-order valence-electron chi connectivity index (χ0n) is 13.8. The van der Waals surface area contributed by atoms with Gasteiger partial charge in [-0.2, -0.15) is 15.0 Å². The van der Waals surface area contributed by atoms with Gasteiger partial charge in [-0.25, -0.2) is 4.39 Å². The highest BCUT2D eigenvalue weighted by molar-refractivity contribution is 5.32. The Kier molecular flexibility index (Phi) is 4.86. The van der Waals surface area contributed by atoms with Crippen LogP contribution in [0.25, 0.3) is 0 Å². The topological polar surface area (TPSA) is 80.4 Å². The van der Waals surface area contributed by atoms with Crippen LogP contribution in [0.15, 0.2) is 24.3 Å². The molecule has 1 saturated heterocycles. The van der Waals surface area contributed by atoms with Crippen LogP contribution in [0.1, 0.15) is 17.5 Å². The van der Waals surface area contributed by atoms with Crippen molar-refractivity contribution in [2.45, 2.75) is 12.6 Å². The molecule has 0 amide bonds. The Hall–Kier alpha value is -2.32. The summed E-state index contributed by atoms with van der Waals surface area (Å²) in [6, 6.07) is 6.42. The Bertz CT molecular complexity index is 693. The number of hydrogen-bond donors (Lipinski definition) is 1. The van der Waals surface area contributed by atoms with Gasteiger partial charge in [-0.3, -0.25) is 4.90 Å². The summed E-state index contributed by atoms with van der Waals surface area (Å²) in [6.07, 6.45) is -0.0909. The number of benzene rings is 1. The van der Waals surface area contributed by atoms with E-state index in [4.69, 9.17) is 10.5 Å². The molecule has 24 heavy (non-hydrogen) atoms. The number of nitrogen functional groups attached to an aromatic ring is 1. The maximum Gasteiger partial charge on any atom is 0.229 e. The van der Waals surface area contributed by atoms with E-state index in [2.05, 4.69) is 19.9 Å². The maximum absolute atomic E-state index is 13.1. The van der Waals surface area contributed by atoms with Crippen molar-refractivity contribution >= 4 is 11.9 Å². The monoisotopic (exact) mass is 332 g/mol. The van der Waals surface area contributed by atoms with E-state index in [1.165, 1.54) is 12.1 Å². The van der Waals surface area contributed by atoms with Crippen molar-refractivity contribution in [3.63, 3.8) is 0 Å². The summed E-state index contributed by atoms with van der Waals surface area (Å²) in [5, 5.41) is 0. The second-order valence-electron chi connectivity index (χ2n) is 5.95. The zero-order chi connectivity index (χ0) is 17.1. The maximum atomic E-state index is 13.1. The highest BCUT2D eigenvalue weighted by Gasteiger charge is 2.23. The summed E-state index contributed by atoms with van der Waals surface area (Å²) in [5.41, 5.74) is 6.73. The molecule has 0 unspecified atom stereocenters. The fraction of sp³-hybridized carbons (Fsp3) is 0.438. The smallest absolute Gasteiger partial charge is 0.229 e. The van der Waals surface area contributed by atoms with Gasteiger partial charge < -0.3 is 15.4 Å². The summed E-state index contributed by atoms with van der Waals surface area (Å²) in [5.74, 6) is 1.14. The Morgan fingerprint density at radius 1 is 1.25 bits per heavy atom. The van der Waals surface area contributed by atoms with Crippen molar-refractivity contribution in [2.24, 2.45) is 0 Å². The lowest BCUT2D eigenvalue weighted by molar-refractivity contribution is -0.0336. The van der Waals surface area contributed by atoms with E-state index in [0.29, 0.717) is 31.5 Å². The molecular weight excluding hydrogens is 311 g/mol. The number of nitrogens with zero attached hydrogens (tertiary/aromatic N) is 5. The normalized spacial score (nSPS) is 18.5. The summed E-state index contributed by atoms with van der Waals surface area (Å²) in [6.45, 7) is 2.63. The Morgan fingerprint density at radius 2 is 2.00 bits per heavy atom. The van der Waals surface area contributed by atoms with Gasteiger partial charge in [0.05, 0.1) is 19.3 Å². The highest BCUT2D eigenvalue weighted by atomic mass is 19.1. The van der Waals surface area contributed by atoms with Crippen LogP contribution in [-0.4, -0.2) is 53.6 Å². The van der Waals surface area contributed by atoms with Gasteiger partial charge in [-0.1, -0.05) is 12.1 Å². The molecule has 0 aliphatic carbocycles. The number of rotatable bonds is 4. The van der Waals surface area contributed by atoms with Gasteiger partial charge in [0.25, 0.3) is 0 Å². The van der Waals surface area contributed by atoms with Gasteiger partial charge >= 0.3 is 0 Å². The summed E-state index contributed by atoms with van der Waals surface area (Å²) in [7, 11) is 3.72. The lowest BCUT2D eigenvalue weighted by Gasteiger charge is -2.32. The van der Waals surface area contributed by atoms with Crippen molar-refractivity contribution < 1.29 is 9.13 Å². The number of anilines is 2. The summed E-state index contributed by atoms with van der Waals surface area (Å²) < 4.78 is 18.9. The van der Waals surface area contributed by atoms with Gasteiger partial charge in [-0.15, -0.1) is 0 Å². The van der Waals surface area contributed by atoms with Crippen LogP contribution in [0.3, 0.4) is 0 Å². The first kappa shape index (κ1) is 16.5. The Balaban J connectivity index is 1.70. The third-order valence-corrected chi connectivity index (χ3v) is 3.84. The van der Waals surface area contributed by atoms with Gasteiger partial charge in [-0.05, 0) is 17.7 Å². The van der Waals surface area contributed by atoms with Crippen LogP contribution >= 0.6 is 0 Å². The minimum Gasteiger partial charge on any atom is -0.371 e. The van der Waals surface area contributed by atoms with Gasteiger partial charge in [0.1, 0.15) is 11.6 Å². The van der Waals surface area contributed by atoms with E-state index < -0.39 is 0 Å². The molecule has 128 valence electrons. The van der Waals surface area contributed by atoms with Crippen LogP contribution in [0.2, 0.25) is 0 Å². The van der Waals surface area contributed by atoms with Crippen molar-refractivity contribution in [3.05, 3.63) is 41.5 Å². The molecule has 3 rings (SSSR count). The molecular formula is C16H21FN6O. The van der Waals surface area contributed by atoms with Crippen molar-refractivity contribution in [2.75, 3.05) is 44.4 Å². The molecule has 1 aromatic heterocycles. The van der Waals surface area contributed by atoms with Crippen LogP contribution in [0, 0.1) is 5.82 Å². The average Bonchev–Trinajstić information content (AvgIpc) is 2.55. The van der Waals surface area contributed by atoms with Gasteiger partial charge in [0.2, 0.25) is 11.9 Å². The van der Waals surface area contributed by atoms with Crippen LogP contribution < -0.4 is 10.6 Å². The fourth-order valence-electron chi connectivity index (χ4n) is 2.62. The minimum atomic E-state index is -0.247. The average molecular weight is 332 g/mol. The third kappa shape index (κ3) is 3.95. The molecule has 0 radical (unpaired) electrons. The van der Waals surface area contributed by atoms with Crippen LogP contribution in [-0.2, 0) is 11.3 Å². The van der Waals surface area contributed by atoms with E-state index in [0.717, 1.165) is 12.1 Å². The lowest BCUT2D eigenvalue weighted by Crippen LogP contribution is -2.38. The molecule has 1 aliphatic rings. The van der Waals surface area contributed by atoms with E-state index in [1.807, 2.05) is 14.1 Å². The number of morpholine rings is 1. The largest absolute Gasteiger partial charge is 0.371 e. The van der Waals surface area contributed by atoms with Gasteiger partial charge in [0.15, 0.2) is 0 Å². The predicted octanol–water partition coefficient (Wildman–Crippen LogP) is 1.23. The zero-order valence-corrected chi connectivity index (χ0v) is 13.8. The number of hydrogen-bond acceptors (Lipinski definition) is 7. The molecule has 2 N–H and O–H groups in total. The van der Waals surface area contributed by atoms with Crippen molar-refractivity contribution in [1.82, 2.24) is 19.9 Å². The molecule has 0 saturated carbocycles. The van der Waals surface area contributed by atoms with Crippen LogP contribution in [0.4, 0.5) is 16.3 Å². The molecule has 1 aromatic carbocycles. The number of aromatic nitrogens is 3. The SMILES string of the molecule is CN(C)c1nc(N)nc(CN2CCO[C@@H](c3ccc(F)cc3)C2)n1. The summed E-state index contributed by atoms with van der Waals surface area (Å²) >= 11 is 0. The predicted molar refractivity (Wildman–Crippen MR) is 88.9 cm³/mol. The van der Waals surface area contributed by atoms with E-state index in [9.17, 15) is 4.39 Å². The lowest BCUT2D eigenvalue weighted by atomic mass is 10.1. The number of halogens is 1. The molecule has 0 bridgehead atoms. The number of ether oxygens (including phenoxy) is 1. The molecule has 0 spiro atoms. The van der Waals surface area contributed by atoms with E-state index in [1.54, 1.807) is 17.0 Å². The fourth-order valence-corrected chi connectivity index (χ4v) is 2.62. The second kappa shape index (κ2) is 7.06. The molecule has 2 aromatic rings. The molecule has 8 heteroatoms. The first-order valence-electron chi connectivity index (χ1n) is 7.78. The molecule has 2 heterocycles. The van der Waals surface area contributed by atoms with Crippen molar-refractivity contribution in [1.29, 1.82) is 0 Å². The van der Waals surface area contributed by atoms with Crippen LogP contribution in [0.5, 0.6) is 0 Å². The first-order chi connectivity index (χ1) is 11.5. The molecule has 1 fully saturated rings. The molecule has 1 aliphatic heterocycles. The third-order valence-electron chi connectivity index (χ3n) is 3.84. The standard InChI is InChI=1S/C16H21FN6O/c1-22(2)16-20-14(19-15(18)21-16)10-23-7-8-24-13(9-23)11-3-5-12(17)6-4-11/h3-6,13H,7-10H2,1-2H3,(H2,18,19,20,21)/t13-/m1/s1. The molecule has 1 atom stereocenters. The first-order valence-corrected chi connectivity index (χ1v) is 7.78. The summed E-state index contributed by atoms with van der Waals surface area (Å²) in [4.78, 5) is 16.7. The van der Waals surface area contributed by atoms with E-state index >= 15 is 0 Å². The van der Waals surface area contributed by atoms with Gasteiger partial charge in [0, 0.05) is 27.2 Å². The second-order valence-corrected chi connectivity index (χ2v) is 5.95. The quantitative estimate of drug-likeness (QED) is 0.902. The Labute approximate surface area is 140 Å². The Morgan fingerprint density at radius 3 is 2.71 bits per heavy atom. The van der Waals surface area contributed by atoms with E-state index in [-0.39, 0.29) is 17.9 Å². The number of nitrogens with two attached hydrogens (primary N) is 1. The highest BCUT2D eigenvalue weighted by Crippen LogP contribution is 2.23. The molecule has 7 nitrogen and oxygen atoms in total.